The number of phenols is 1. The summed E-state index contributed by atoms with van der Waals surface area (Å²) in [5.74, 6) is 1.15. The van der Waals surface area contributed by atoms with Crippen molar-refractivity contribution in [1.82, 2.24) is 10.2 Å². The first-order valence-electron chi connectivity index (χ1n) is 8.90. The molecule has 0 unspecified atom stereocenters. The van der Waals surface area contributed by atoms with E-state index < -0.39 is 5.63 Å². The molecule has 0 aliphatic rings. The number of rotatable bonds is 6. The second kappa shape index (κ2) is 7.90. The van der Waals surface area contributed by atoms with Gasteiger partial charge in [-0.25, -0.2) is 4.79 Å². The minimum absolute atomic E-state index is 0.130. The van der Waals surface area contributed by atoms with E-state index in [0.717, 1.165) is 22.1 Å². The van der Waals surface area contributed by atoms with E-state index in [4.69, 9.17) is 8.83 Å². The van der Waals surface area contributed by atoms with Crippen LogP contribution in [0.3, 0.4) is 0 Å². The Kier molecular flexibility index (Phi) is 5.16. The first-order valence-corrected chi connectivity index (χ1v) is 9.88. The summed E-state index contributed by atoms with van der Waals surface area (Å²) in [6, 6.07) is 14.7. The van der Waals surface area contributed by atoms with E-state index >= 15 is 0 Å². The molecule has 2 aromatic carbocycles. The maximum atomic E-state index is 11.9. The Labute approximate surface area is 165 Å². The molecule has 1 N–H and O–H groups in total. The standard InChI is InChI=1S/C21H18N2O4S/c1-2-14-9-16-15(10-20(25)26-18(16)11-17(14)24)12-28-21-23-22-19(27-21)8-13-6-4-3-5-7-13/h3-7,9-11,24H,2,8,12H2,1H3. The minimum Gasteiger partial charge on any atom is -0.508 e. The molecule has 7 heteroatoms. The van der Waals surface area contributed by atoms with Gasteiger partial charge in [0.05, 0.1) is 6.42 Å². The predicted molar refractivity (Wildman–Crippen MR) is 107 cm³/mol. The molecule has 0 aliphatic heterocycles. The molecule has 0 saturated heterocycles. The van der Waals surface area contributed by atoms with Crippen molar-refractivity contribution in [2.45, 2.75) is 30.7 Å². The number of aromatic hydroxyl groups is 1. The van der Waals surface area contributed by atoms with Gasteiger partial charge >= 0.3 is 5.63 Å². The molecule has 4 aromatic rings. The second-order valence-corrected chi connectivity index (χ2v) is 7.26. The highest BCUT2D eigenvalue weighted by atomic mass is 32.2. The van der Waals surface area contributed by atoms with Gasteiger partial charge in [0.2, 0.25) is 5.89 Å². The molecule has 0 radical (unpaired) electrons. The molecule has 0 bridgehead atoms. The highest BCUT2D eigenvalue weighted by molar-refractivity contribution is 7.98. The zero-order valence-electron chi connectivity index (χ0n) is 15.2. The summed E-state index contributed by atoms with van der Waals surface area (Å²) in [4.78, 5) is 11.9. The van der Waals surface area contributed by atoms with Crippen LogP contribution in [0.2, 0.25) is 0 Å². The SMILES string of the molecule is CCc1cc2c(CSc3nnc(Cc4ccccc4)o3)cc(=O)oc2cc1O. The predicted octanol–water partition coefficient (Wildman–Crippen LogP) is 4.33. The van der Waals surface area contributed by atoms with E-state index in [2.05, 4.69) is 10.2 Å². The molecule has 2 aromatic heterocycles. The lowest BCUT2D eigenvalue weighted by atomic mass is 10.1. The lowest BCUT2D eigenvalue weighted by Crippen LogP contribution is -2.00. The number of thioether (sulfide) groups is 1. The minimum atomic E-state index is -0.456. The summed E-state index contributed by atoms with van der Waals surface area (Å²) in [6.07, 6.45) is 1.26. The number of benzene rings is 2. The number of hydrogen-bond acceptors (Lipinski definition) is 7. The number of aromatic nitrogens is 2. The van der Waals surface area contributed by atoms with Crippen molar-refractivity contribution in [2.75, 3.05) is 0 Å². The van der Waals surface area contributed by atoms with Gasteiger partial charge in [-0.15, -0.1) is 10.2 Å². The summed E-state index contributed by atoms with van der Waals surface area (Å²) in [5, 5.41) is 19.4. The van der Waals surface area contributed by atoms with E-state index in [1.165, 1.54) is 23.9 Å². The van der Waals surface area contributed by atoms with Gasteiger partial charge in [-0.1, -0.05) is 49.0 Å². The number of aryl methyl sites for hydroxylation is 1. The van der Waals surface area contributed by atoms with Crippen LogP contribution in [-0.2, 0) is 18.6 Å². The van der Waals surface area contributed by atoms with Gasteiger partial charge < -0.3 is 13.9 Å². The molecule has 2 heterocycles. The highest BCUT2D eigenvalue weighted by Gasteiger charge is 2.13. The first-order chi connectivity index (χ1) is 13.6. The highest BCUT2D eigenvalue weighted by Crippen LogP contribution is 2.30. The molecule has 28 heavy (non-hydrogen) atoms. The Morgan fingerprint density at radius 2 is 1.86 bits per heavy atom. The van der Waals surface area contributed by atoms with E-state index in [0.29, 0.717) is 35.3 Å². The van der Waals surface area contributed by atoms with Crippen LogP contribution in [0, 0.1) is 0 Å². The van der Waals surface area contributed by atoms with Gasteiger partial charge in [0.25, 0.3) is 5.22 Å². The Balaban J connectivity index is 1.55. The Morgan fingerprint density at radius 1 is 1.04 bits per heavy atom. The van der Waals surface area contributed by atoms with Gasteiger partial charge in [-0.3, -0.25) is 0 Å². The normalized spacial score (nSPS) is 11.2. The molecule has 6 nitrogen and oxygen atoms in total. The van der Waals surface area contributed by atoms with Gasteiger partial charge in [0.15, 0.2) is 0 Å². The van der Waals surface area contributed by atoms with Crippen LogP contribution in [0.15, 0.2) is 67.4 Å². The van der Waals surface area contributed by atoms with Crippen molar-refractivity contribution in [3.63, 3.8) is 0 Å². The zero-order chi connectivity index (χ0) is 19.5. The van der Waals surface area contributed by atoms with Crippen LogP contribution in [0.25, 0.3) is 11.0 Å². The molecular weight excluding hydrogens is 376 g/mol. The van der Waals surface area contributed by atoms with E-state index in [1.807, 2.05) is 43.3 Å². The van der Waals surface area contributed by atoms with E-state index in [9.17, 15) is 9.90 Å². The second-order valence-electron chi connectivity index (χ2n) is 6.33. The summed E-state index contributed by atoms with van der Waals surface area (Å²) in [6.45, 7) is 1.96. The van der Waals surface area contributed by atoms with Gasteiger partial charge in [0, 0.05) is 23.3 Å². The number of hydrogen-bond donors (Lipinski definition) is 1. The molecule has 0 saturated carbocycles. The van der Waals surface area contributed by atoms with Crippen LogP contribution in [-0.4, -0.2) is 15.3 Å². The average Bonchev–Trinajstić information content (AvgIpc) is 3.13. The summed E-state index contributed by atoms with van der Waals surface area (Å²) in [5.41, 5.74) is 2.61. The van der Waals surface area contributed by atoms with Crippen molar-refractivity contribution >= 4 is 22.7 Å². The van der Waals surface area contributed by atoms with E-state index in [-0.39, 0.29) is 5.75 Å². The maximum absolute atomic E-state index is 11.9. The van der Waals surface area contributed by atoms with Crippen molar-refractivity contribution in [1.29, 1.82) is 0 Å². The van der Waals surface area contributed by atoms with Crippen LogP contribution in [0.1, 0.15) is 29.5 Å². The van der Waals surface area contributed by atoms with Gasteiger partial charge in [0.1, 0.15) is 11.3 Å². The third-order valence-corrected chi connectivity index (χ3v) is 5.28. The Hall–Kier alpha value is -3.06. The average molecular weight is 394 g/mol. The molecule has 142 valence electrons. The fourth-order valence-electron chi connectivity index (χ4n) is 2.99. The largest absolute Gasteiger partial charge is 0.508 e. The Morgan fingerprint density at radius 3 is 2.64 bits per heavy atom. The van der Waals surface area contributed by atoms with Crippen molar-refractivity contribution < 1.29 is 13.9 Å². The maximum Gasteiger partial charge on any atom is 0.336 e. The fourth-order valence-corrected chi connectivity index (χ4v) is 3.76. The molecule has 4 rings (SSSR count). The summed E-state index contributed by atoms with van der Waals surface area (Å²) in [7, 11) is 0. The molecule has 0 fully saturated rings. The smallest absolute Gasteiger partial charge is 0.336 e. The molecule has 0 amide bonds. The first kappa shape index (κ1) is 18.3. The monoisotopic (exact) mass is 394 g/mol. The number of nitrogens with zero attached hydrogens (tertiary/aromatic N) is 2. The quantitative estimate of drug-likeness (QED) is 0.385. The molecular formula is C21H18N2O4S. The third-order valence-electron chi connectivity index (χ3n) is 4.41. The Bertz CT molecular complexity index is 1170. The molecule has 0 aliphatic carbocycles. The fraction of sp³-hybridized carbons (Fsp3) is 0.190. The molecule has 0 spiro atoms. The van der Waals surface area contributed by atoms with Crippen molar-refractivity contribution in [2.24, 2.45) is 0 Å². The number of phenolic OH excluding ortho intramolecular Hbond substituents is 1. The van der Waals surface area contributed by atoms with Gasteiger partial charge in [-0.2, -0.15) is 0 Å². The zero-order valence-corrected chi connectivity index (χ0v) is 16.0. The van der Waals surface area contributed by atoms with E-state index in [1.54, 1.807) is 0 Å². The number of fused-ring (bicyclic) bond motifs is 1. The van der Waals surface area contributed by atoms with Gasteiger partial charge in [-0.05, 0) is 29.2 Å². The molecule has 0 atom stereocenters. The van der Waals surface area contributed by atoms with Crippen molar-refractivity contribution in [3.8, 4) is 5.75 Å². The third kappa shape index (κ3) is 3.94. The van der Waals surface area contributed by atoms with Crippen LogP contribution in [0.4, 0.5) is 0 Å². The van der Waals surface area contributed by atoms with Crippen LogP contribution < -0.4 is 5.63 Å². The van der Waals surface area contributed by atoms with Crippen molar-refractivity contribution in [3.05, 3.63) is 81.5 Å². The van der Waals surface area contributed by atoms with Crippen LogP contribution in [0.5, 0.6) is 5.75 Å². The summed E-state index contributed by atoms with van der Waals surface area (Å²) < 4.78 is 10.9. The van der Waals surface area contributed by atoms with Crippen LogP contribution >= 0.6 is 11.8 Å². The lowest BCUT2D eigenvalue weighted by molar-refractivity contribution is 0.420. The topological polar surface area (TPSA) is 89.4 Å². The lowest BCUT2D eigenvalue weighted by Gasteiger charge is -2.07. The summed E-state index contributed by atoms with van der Waals surface area (Å²) >= 11 is 1.36.